The van der Waals surface area contributed by atoms with Crippen LogP contribution in [-0.4, -0.2) is 31.4 Å². The van der Waals surface area contributed by atoms with Crippen LogP contribution in [0.2, 0.25) is 0 Å². The van der Waals surface area contributed by atoms with E-state index in [4.69, 9.17) is 4.74 Å². The molecule has 0 spiro atoms. The van der Waals surface area contributed by atoms with E-state index in [-0.39, 0.29) is 0 Å². The van der Waals surface area contributed by atoms with Crippen LogP contribution in [0.25, 0.3) is 0 Å². The molecule has 1 aromatic rings. The zero-order valence-corrected chi connectivity index (χ0v) is 11.5. The van der Waals surface area contributed by atoms with Gasteiger partial charge in [0.25, 0.3) is 0 Å². The molecule has 0 fully saturated rings. The topological polar surface area (TPSA) is 12.5 Å². The Hall–Kier alpha value is -0.670. The molecule has 0 bridgehead atoms. The van der Waals surface area contributed by atoms with E-state index in [0.29, 0.717) is 6.04 Å². The van der Waals surface area contributed by atoms with Crippen molar-refractivity contribution >= 4 is 12.6 Å². The lowest BCUT2D eigenvalue weighted by Gasteiger charge is -2.26. The summed E-state index contributed by atoms with van der Waals surface area (Å²) < 4.78 is 5.65. The van der Waals surface area contributed by atoms with Gasteiger partial charge in [-0.3, -0.25) is 0 Å². The van der Waals surface area contributed by atoms with Crippen molar-refractivity contribution in [1.29, 1.82) is 0 Å². The van der Waals surface area contributed by atoms with E-state index in [0.717, 1.165) is 37.4 Å². The van der Waals surface area contributed by atoms with E-state index in [2.05, 4.69) is 49.8 Å². The molecule has 0 amide bonds. The minimum atomic E-state index is 0.458. The number of ether oxygens (including phenoxy) is 1. The molecule has 0 saturated heterocycles. The van der Waals surface area contributed by atoms with Gasteiger partial charge in [-0.05, 0) is 56.3 Å². The molecule has 0 N–H and O–H groups in total. The smallest absolute Gasteiger partial charge is 0.122 e. The zero-order chi connectivity index (χ0) is 12.3. The maximum atomic E-state index is 5.65. The lowest BCUT2D eigenvalue weighted by molar-refractivity contribution is 0.282. The average molecular weight is 251 g/mol. The number of hydrogen-bond donors (Lipinski definition) is 1. The third kappa shape index (κ3) is 2.96. The Bertz CT molecular complexity index is 378. The molecule has 1 aliphatic heterocycles. The summed E-state index contributed by atoms with van der Waals surface area (Å²) in [5.41, 5.74) is 2.74. The highest BCUT2D eigenvalue weighted by molar-refractivity contribution is 7.80. The summed E-state index contributed by atoms with van der Waals surface area (Å²) in [5.74, 6) is 1.99. The number of benzene rings is 1. The largest absolute Gasteiger partial charge is 0.493 e. The predicted octanol–water partition coefficient (Wildman–Crippen LogP) is 2.93. The van der Waals surface area contributed by atoms with E-state index in [1.807, 2.05) is 0 Å². The van der Waals surface area contributed by atoms with Crippen LogP contribution in [-0.2, 0) is 6.42 Å². The maximum absolute atomic E-state index is 5.65. The molecule has 1 aliphatic rings. The minimum absolute atomic E-state index is 0.458. The van der Waals surface area contributed by atoms with Crippen LogP contribution in [0.1, 0.15) is 30.0 Å². The van der Waals surface area contributed by atoms with E-state index in [1.165, 1.54) is 11.1 Å². The predicted molar refractivity (Wildman–Crippen MR) is 75.2 cm³/mol. The quantitative estimate of drug-likeness (QED) is 0.826. The van der Waals surface area contributed by atoms with Crippen LogP contribution >= 0.6 is 12.6 Å². The van der Waals surface area contributed by atoms with E-state index in [1.54, 1.807) is 0 Å². The number of thiol groups is 1. The fourth-order valence-electron chi connectivity index (χ4n) is 2.43. The van der Waals surface area contributed by atoms with E-state index >= 15 is 0 Å². The Kier molecular flexibility index (Phi) is 4.35. The van der Waals surface area contributed by atoms with Crippen LogP contribution < -0.4 is 4.74 Å². The molecule has 94 valence electrons. The maximum Gasteiger partial charge on any atom is 0.122 e. The molecular weight excluding hydrogens is 230 g/mol. The average Bonchev–Trinajstić information content (AvgIpc) is 2.35. The molecule has 1 atom stereocenters. The molecule has 0 radical (unpaired) electrons. The van der Waals surface area contributed by atoms with Gasteiger partial charge in [0.2, 0.25) is 0 Å². The summed E-state index contributed by atoms with van der Waals surface area (Å²) in [7, 11) is 4.26. The Morgan fingerprint density at radius 3 is 2.94 bits per heavy atom. The van der Waals surface area contributed by atoms with Crippen molar-refractivity contribution in [3.63, 3.8) is 0 Å². The van der Waals surface area contributed by atoms with Gasteiger partial charge in [0.15, 0.2) is 0 Å². The molecule has 17 heavy (non-hydrogen) atoms. The molecule has 0 aliphatic carbocycles. The number of rotatable bonds is 4. The van der Waals surface area contributed by atoms with Crippen molar-refractivity contribution < 1.29 is 4.74 Å². The SMILES string of the molecule is CN(C)C(CCS)c1ccc2c(c1)CCCO2. The highest BCUT2D eigenvalue weighted by Crippen LogP contribution is 2.30. The van der Waals surface area contributed by atoms with Gasteiger partial charge in [-0.25, -0.2) is 0 Å². The van der Waals surface area contributed by atoms with Gasteiger partial charge in [0, 0.05) is 6.04 Å². The molecule has 2 rings (SSSR count). The van der Waals surface area contributed by atoms with Gasteiger partial charge in [0.1, 0.15) is 5.75 Å². The van der Waals surface area contributed by atoms with Gasteiger partial charge >= 0.3 is 0 Å². The summed E-state index contributed by atoms with van der Waals surface area (Å²) in [6, 6.07) is 7.08. The Morgan fingerprint density at radius 1 is 1.41 bits per heavy atom. The summed E-state index contributed by atoms with van der Waals surface area (Å²) in [6.45, 7) is 0.861. The van der Waals surface area contributed by atoms with Crippen LogP contribution in [0, 0.1) is 0 Å². The normalized spacial score (nSPS) is 16.5. The fraction of sp³-hybridized carbons (Fsp3) is 0.571. The second-order valence-electron chi connectivity index (χ2n) is 4.81. The summed E-state index contributed by atoms with van der Waals surface area (Å²) >= 11 is 4.35. The lowest BCUT2D eigenvalue weighted by Crippen LogP contribution is -2.21. The zero-order valence-electron chi connectivity index (χ0n) is 10.6. The first kappa shape index (κ1) is 12.8. The van der Waals surface area contributed by atoms with Gasteiger partial charge in [-0.15, -0.1) is 0 Å². The van der Waals surface area contributed by atoms with Gasteiger partial charge < -0.3 is 9.64 Å². The Labute approximate surface area is 109 Å². The van der Waals surface area contributed by atoms with E-state index in [9.17, 15) is 0 Å². The number of nitrogens with zero attached hydrogens (tertiary/aromatic N) is 1. The van der Waals surface area contributed by atoms with Crippen molar-refractivity contribution in [1.82, 2.24) is 4.90 Å². The molecule has 1 unspecified atom stereocenters. The first-order chi connectivity index (χ1) is 8.22. The van der Waals surface area contributed by atoms with Crippen LogP contribution in [0.4, 0.5) is 0 Å². The minimum Gasteiger partial charge on any atom is -0.493 e. The standard InChI is InChI=1S/C14H21NOS/c1-15(2)13(7-9-17)11-5-6-14-12(10-11)4-3-8-16-14/h5-6,10,13,17H,3-4,7-9H2,1-2H3. The van der Waals surface area contributed by atoms with Gasteiger partial charge in [-0.2, -0.15) is 12.6 Å². The summed E-state index contributed by atoms with van der Waals surface area (Å²) in [6.07, 6.45) is 3.36. The number of fused-ring (bicyclic) bond motifs is 1. The molecule has 1 aromatic carbocycles. The Morgan fingerprint density at radius 2 is 2.24 bits per heavy atom. The van der Waals surface area contributed by atoms with E-state index < -0.39 is 0 Å². The summed E-state index contributed by atoms with van der Waals surface area (Å²) in [5, 5.41) is 0. The molecule has 2 nitrogen and oxygen atoms in total. The fourth-order valence-corrected chi connectivity index (χ4v) is 2.68. The lowest BCUT2D eigenvalue weighted by atomic mass is 9.97. The van der Waals surface area contributed by atoms with Gasteiger partial charge in [0.05, 0.1) is 6.61 Å². The molecular formula is C14H21NOS. The first-order valence-corrected chi connectivity index (χ1v) is 6.88. The van der Waals surface area contributed by atoms with Crippen molar-refractivity contribution in [2.75, 3.05) is 26.5 Å². The van der Waals surface area contributed by atoms with Crippen molar-refractivity contribution in [2.24, 2.45) is 0 Å². The van der Waals surface area contributed by atoms with Crippen LogP contribution in [0.3, 0.4) is 0 Å². The van der Waals surface area contributed by atoms with Crippen LogP contribution in [0.15, 0.2) is 18.2 Å². The van der Waals surface area contributed by atoms with Crippen molar-refractivity contribution in [2.45, 2.75) is 25.3 Å². The third-order valence-electron chi connectivity index (χ3n) is 3.34. The third-order valence-corrected chi connectivity index (χ3v) is 3.60. The summed E-state index contributed by atoms with van der Waals surface area (Å²) in [4.78, 5) is 2.27. The number of aryl methyl sites for hydroxylation is 1. The highest BCUT2D eigenvalue weighted by atomic mass is 32.1. The second kappa shape index (κ2) is 5.78. The molecule has 1 heterocycles. The highest BCUT2D eigenvalue weighted by Gasteiger charge is 2.16. The second-order valence-corrected chi connectivity index (χ2v) is 5.26. The van der Waals surface area contributed by atoms with Crippen molar-refractivity contribution in [3.8, 4) is 5.75 Å². The number of hydrogen-bond acceptors (Lipinski definition) is 3. The Balaban J connectivity index is 2.25. The molecule has 0 aromatic heterocycles. The molecule has 0 saturated carbocycles. The van der Waals surface area contributed by atoms with Crippen LogP contribution in [0.5, 0.6) is 5.75 Å². The monoisotopic (exact) mass is 251 g/mol. The first-order valence-electron chi connectivity index (χ1n) is 6.25. The van der Waals surface area contributed by atoms with Crippen molar-refractivity contribution in [3.05, 3.63) is 29.3 Å². The molecule has 3 heteroatoms. The van der Waals surface area contributed by atoms with Gasteiger partial charge in [-0.1, -0.05) is 12.1 Å².